The van der Waals surface area contributed by atoms with Crippen LogP contribution in [-0.4, -0.2) is 0 Å². The molecule has 0 heterocycles. The van der Waals surface area contributed by atoms with E-state index in [4.69, 9.17) is 0 Å². The topological polar surface area (TPSA) is 0 Å². The molecule has 0 aromatic heterocycles. The molecule has 100 valence electrons. The van der Waals surface area contributed by atoms with E-state index in [1.165, 1.54) is 57.8 Å². The molecule has 0 nitrogen and oxygen atoms in total. The summed E-state index contributed by atoms with van der Waals surface area (Å²) in [6.07, 6.45) is 13.6. The Morgan fingerprint density at radius 1 is 1.00 bits per heavy atom. The summed E-state index contributed by atoms with van der Waals surface area (Å²) in [6.45, 7) is 7.47. The maximum Gasteiger partial charge on any atom is -0.0386 e. The van der Waals surface area contributed by atoms with Gasteiger partial charge in [0, 0.05) is 0 Å². The van der Waals surface area contributed by atoms with Crippen LogP contribution in [0.2, 0.25) is 0 Å². The zero-order valence-electron chi connectivity index (χ0n) is 12.3. The van der Waals surface area contributed by atoms with E-state index in [0.717, 1.165) is 29.6 Å². The summed E-state index contributed by atoms with van der Waals surface area (Å²) in [6, 6.07) is 0. The summed E-state index contributed by atoms with van der Waals surface area (Å²) in [5, 5.41) is 0. The lowest BCUT2D eigenvalue weighted by molar-refractivity contribution is 0.169. The first-order chi connectivity index (χ1) is 8.18. The first-order valence-corrected chi connectivity index (χ1v) is 8.18. The van der Waals surface area contributed by atoms with Gasteiger partial charge in [-0.25, -0.2) is 0 Å². The molecular formula is C17H32. The summed E-state index contributed by atoms with van der Waals surface area (Å²) in [5.74, 6) is 5.14. The van der Waals surface area contributed by atoms with Gasteiger partial charge in [0.25, 0.3) is 0 Å². The second kappa shape index (κ2) is 6.25. The fourth-order valence-corrected chi connectivity index (χ4v) is 4.08. The first-order valence-electron chi connectivity index (χ1n) is 8.18. The van der Waals surface area contributed by atoms with Gasteiger partial charge in [-0.1, -0.05) is 72.1 Å². The van der Waals surface area contributed by atoms with Crippen molar-refractivity contribution in [3.63, 3.8) is 0 Å². The Morgan fingerprint density at radius 3 is 2.24 bits per heavy atom. The zero-order chi connectivity index (χ0) is 12.3. The Kier molecular flexibility index (Phi) is 4.94. The Balaban J connectivity index is 1.60. The molecule has 2 aliphatic carbocycles. The number of hydrogen-bond donors (Lipinski definition) is 0. The molecular weight excluding hydrogens is 204 g/mol. The molecule has 0 spiro atoms. The Bertz CT molecular complexity index is 214. The van der Waals surface area contributed by atoms with Gasteiger partial charge in [-0.05, 0) is 36.0 Å². The van der Waals surface area contributed by atoms with Crippen LogP contribution in [0, 0.1) is 29.6 Å². The fraction of sp³-hybridized carbons (Fsp3) is 1.00. The standard InChI is InChI=1S/C17H32/c1-13(15(3)17-8-4-5-9-17)7-6-10-16-12-11-14(16)2/h13-17H,4-12H2,1-3H3. The van der Waals surface area contributed by atoms with Gasteiger partial charge < -0.3 is 0 Å². The van der Waals surface area contributed by atoms with E-state index in [-0.39, 0.29) is 0 Å². The van der Waals surface area contributed by atoms with E-state index in [1.807, 2.05) is 0 Å². The summed E-state index contributed by atoms with van der Waals surface area (Å²) in [5.41, 5.74) is 0. The third-order valence-electron chi connectivity index (χ3n) is 6.07. The van der Waals surface area contributed by atoms with Crippen molar-refractivity contribution in [3.8, 4) is 0 Å². The predicted octanol–water partition coefficient (Wildman–Crippen LogP) is 5.67. The van der Waals surface area contributed by atoms with Gasteiger partial charge in [-0.2, -0.15) is 0 Å². The largest absolute Gasteiger partial charge is 0.0622 e. The van der Waals surface area contributed by atoms with Gasteiger partial charge in [-0.15, -0.1) is 0 Å². The molecule has 0 saturated heterocycles. The average Bonchev–Trinajstić information content (AvgIpc) is 2.85. The highest BCUT2D eigenvalue weighted by Gasteiger charge is 2.28. The highest BCUT2D eigenvalue weighted by molar-refractivity contribution is 4.79. The van der Waals surface area contributed by atoms with Crippen LogP contribution in [0.3, 0.4) is 0 Å². The fourth-order valence-electron chi connectivity index (χ4n) is 4.08. The van der Waals surface area contributed by atoms with Gasteiger partial charge in [-0.3, -0.25) is 0 Å². The smallest absolute Gasteiger partial charge is 0.0386 e. The normalized spacial score (nSPS) is 33.4. The highest BCUT2D eigenvalue weighted by atomic mass is 14.3. The zero-order valence-corrected chi connectivity index (χ0v) is 12.3. The van der Waals surface area contributed by atoms with Crippen LogP contribution in [0.5, 0.6) is 0 Å². The number of hydrogen-bond acceptors (Lipinski definition) is 0. The SMILES string of the molecule is CC1CCC1CCCC(C)C(C)C1CCCC1. The quantitative estimate of drug-likeness (QED) is 0.558. The molecule has 2 aliphatic rings. The molecule has 0 aromatic rings. The molecule has 4 atom stereocenters. The minimum absolute atomic E-state index is 0.966. The third-order valence-corrected chi connectivity index (χ3v) is 6.07. The van der Waals surface area contributed by atoms with E-state index in [9.17, 15) is 0 Å². The lowest BCUT2D eigenvalue weighted by atomic mass is 9.71. The molecule has 2 rings (SSSR count). The van der Waals surface area contributed by atoms with E-state index in [2.05, 4.69) is 20.8 Å². The summed E-state index contributed by atoms with van der Waals surface area (Å²) in [4.78, 5) is 0. The summed E-state index contributed by atoms with van der Waals surface area (Å²) >= 11 is 0. The van der Waals surface area contributed by atoms with Crippen molar-refractivity contribution in [2.24, 2.45) is 29.6 Å². The monoisotopic (exact) mass is 236 g/mol. The van der Waals surface area contributed by atoms with Crippen molar-refractivity contribution in [2.75, 3.05) is 0 Å². The van der Waals surface area contributed by atoms with Crippen molar-refractivity contribution in [1.82, 2.24) is 0 Å². The molecule has 0 amide bonds. The average molecular weight is 236 g/mol. The highest BCUT2D eigenvalue weighted by Crippen LogP contribution is 2.39. The third kappa shape index (κ3) is 3.48. The molecule has 2 saturated carbocycles. The van der Waals surface area contributed by atoms with Crippen LogP contribution in [0.4, 0.5) is 0 Å². The van der Waals surface area contributed by atoms with Crippen LogP contribution in [0.15, 0.2) is 0 Å². The van der Waals surface area contributed by atoms with Gasteiger partial charge in [0.2, 0.25) is 0 Å². The maximum atomic E-state index is 2.52. The van der Waals surface area contributed by atoms with Crippen molar-refractivity contribution >= 4 is 0 Å². The molecule has 0 heteroatoms. The minimum Gasteiger partial charge on any atom is -0.0622 e. The maximum absolute atomic E-state index is 2.52. The van der Waals surface area contributed by atoms with Gasteiger partial charge >= 0.3 is 0 Å². The van der Waals surface area contributed by atoms with Crippen molar-refractivity contribution in [3.05, 3.63) is 0 Å². The van der Waals surface area contributed by atoms with Gasteiger partial charge in [0.05, 0.1) is 0 Å². The molecule has 0 aromatic carbocycles. The van der Waals surface area contributed by atoms with Gasteiger partial charge in [0.1, 0.15) is 0 Å². The van der Waals surface area contributed by atoms with E-state index in [1.54, 1.807) is 0 Å². The van der Waals surface area contributed by atoms with Crippen LogP contribution < -0.4 is 0 Å². The molecule has 0 radical (unpaired) electrons. The van der Waals surface area contributed by atoms with Gasteiger partial charge in [0.15, 0.2) is 0 Å². The molecule has 4 unspecified atom stereocenters. The molecule has 0 aliphatic heterocycles. The lowest BCUT2D eigenvalue weighted by Gasteiger charge is -2.34. The minimum atomic E-state index is 0.966. The second-order valence-electron chi connectivity index (χ2n) is 7.13. The van der Waals surface area contributed by atoms with Crippen molar-refractivity contribution in [1.29, 1.82) is 0 Å². The second-order valence-corrected chi connectivity index (χ2v) is 7.13. The molecule has 17 heavy (non-hydrogen) atoms. The Morgan fingerprint density at radius 2 is 1.71 bits per heavy atom. The lowest BCUT2D eigenvalue weighted by Crippen LogP contribution is -2.23. The molecule has 0 bridgehead atoms. The first kappa shape index (κ1) is 13.4. The van der Waals surface area contributed by atoms with E-state index < -0.39 is 0 Å². The predicted molar refractivity (Wildman–Crippen MR) is 76.0 cm³/mol. The van der Waals surface area contributed by atoms with Crippen LogP contribution in [-0.2, 0) is 0 Å². The Labute approximate surface area is 109 Å². The van der Waals surface area contributed by atoms with Crippen molar-refractivity contribution in [2.45, 2.75) is 78.6 Å². The Hall–Kier alpha value is 0. The molecule has 0 N–H and O–H groups in total. The van der Waals surface area contributed by atoms with Crippen LogP contribution in [0.25, 0.3) is 0 Å². The van der Waals surface area contributed by atoms with Crippen LogP contribution in [0.1, 0.15) is 78.6 Å². The van der Waals surface area contributed by atoms with Crippen LogP contribution >= 0.6 is 0 Å². The molecule has 2 fully saturated rings. The summed E-state index contributed by atoms with van der Waals surface area (Å²) < 4.78 is 0. The summed E-state index contributed by atoms with van der Waals surface area (Å²) in [7, 11) is 0. The van der Waals surface area contributed by atoms with E-state index >= 15 is 0 Å². The van der Waals surface area contributed by atoms with E-state index in [0.29, 0.717) is 0 Å². The van der Waals surface area contributed by atoms with Crippen molar-refractivity contribution < 1.29 is 0 Å². The number of rotatable bonds is 6.